The summed E-state index contributed by atoms with van der Waals surface area (Å²) in [7, 11) is 0. The van der Waals surface area contributed by atoms with Crippen molar-refractivity contribution >= 4 is 35.0 Å². The predicted molar refractivity (Wildman–Crippen MR) is 209 cm³/mol. The number of carbonyl (C=O) groups is 2. The third-order valence-corrected chi connectivity index (χ3v) is 13.6. The minimum Gasteiger partial charge on any atom is -0.396 e. The number of rotatable bonds is 10. The molecule has 2 atom stereocenters. The smallest absolute Gasteiger partial charge is 0.396 e. The first kappa shape index (κ1) is 43.7. The van der Waals surface area contributed by atoms with Gasteiger partial charge in [-0.15, -0.1) is 0 Å². The van der Waals surface area contributed by atoms with E-state index < -0.39 is 40.6 Å². The maximum atomic E-state index is 13.8. The molecule has 0 bridgehead atoms. The second-order valence-corrected chi connectivity index (χ2v) is 17.1. The van der Waals surface area contributed by atoms with Crippen LogP contribution in [0.2, 0.25) is 10.0 Å². The molecule has 0 saturated carbocycles. The van der Waals surface area contributed by atoms with Crippen molar-refractivity contribution < 1.29 is 50.5 Å². The van der Waals surface area contributed by atoms with E-state index in [1.165, 1.54) is 16.0 Å². The number of halogens is 8. The van der Waals surface area contributed by atoms with Gasteiger partial charge in [0.05, 0.1) is 40.4 Å². The number of amides is 2. The third-order valence-electron chi connectivity index (χ3n) is 12.8. The monoisotopic (exact) mass is 869 g/mol. The molecule has 1 N–H and O–H groups in total. The number of hydrogen-bond acceptors (Lipinski definition) is 6. The maximum absolute atomic E-state index is 13.8. The quantitative estimate of drug-likeness (QED) is 0.206. The second-order valence-electron chi connectivity index (χ2n) is 16.2. The molecule has 3 aromatic carbocycles. The molecule has 3 fully saturated rings. The number of ether oxygens (including phenoxy) is 2. The van der Waals surface area contributed by atoms with Gasteiger partial charge < -0.3 is 29.3 Å². The zero-order chi connectivity index (χ0) is 42.2. The fourth-order valence-corrected chi connectivity index (χ4v) is 9.76. The fraction of sp³-hybridized carbons (Fsp3) is 0.535. The molecule has 7 rings (SSSR count). The van der Waals surface area contributed by atoms with Crippen LogP contribution in [-0.4, -0.2) is 103 Å². The molecule has 3 heterocycles. The Kier molecular flexibility index (Phi) is 13.0. The summed E-state index contributed by atoms with van der Waals surface area (Å²) in [4.78, 5) is 32.5. The van der Waals surface area contributed by atoms with E-state index in [1.807, 2.05) is 17.0 Å². The van der Waals surface area contributed by atoms with Crippen molar-refractivity contribution in [3.63, 3.8) is 0 Å². The number of benzene rings is 3. The molecule has 0 radical (unpaired) electrons. The SMILES string of the molecule is O=C(CO[C@H]1Cc2ccccc2C12CCN(CC[C@]1(c3ccc(Cl)c(Cl)c3)CN(C(=O)c3cc(C(F)(F)F)cc(C(F)(F)F)c3)CCO1)CC2)N1CCC(CCO)CC1. The van der Waals surface area contributed by atoms with Crippen LogP contribution in [-0.2, 0) is 44.1 Å². The zero-order valence-electron chi connectivity index (χ0n) is 32.4. The van der Waals surface area contributed by atoms with Crippen LogP contribution in [0.1, 0.15) is 76.7 Å². The van der Waals surface area contributed by atoms with Gasteiger partial charge in [-0.3, -0.25) is 9.59 Å². The molecular weight excluding hydrogens is 823 g/mol. The summed E-state index contributed by atoms with van der Waals surface area (Å²) in [5, 5.41) is 9.80. The van der Waals surface area contributed by atoms with E-state index in [-0.39, 0.29) is 66.4 Å². The highest BCUT2D eigenvalue weighted by atomic mass is 35.5. The lowest BCUT2D eigenvalue weighted by Crippen LogP contribution is -2.54. The van der Waals surface area contributed by atoms with Gasteiger partial charge in [0.2, 0.25) is 5.91 Å². The second kappa shape index (κ2) is 17.5. The number of alkyl halides is 6. The van der Waals surface area contributed by atoms with E-state index in [9.17, 15) is 41.0 Å². The number of carbonyl (C=O) groups excluding carboxylic acids is 2. The molecule has 0 unspecified atom stereocenters. The van der Waals surface area contributed by atoms with Crippen LogP contribution in [0.4, 0.5) is 26.3 Å². The standard InChI is InChI=1S/C43H47Cl2F6N3O5/c44-35-6-5-31(25-36(35)45)41(27-54(18-20-59-41)39(57)30-21-32(42(46,47)48)24-33(22-30)43(49,50)51)12-17-52-15-10-40(11-16-52)34-4-2-1-3-29(34)23-37(40)58-26-38(56)53-13-7-28(8-14-53)9-19-55/h1-6,21-22,24-25,28,37,55H,7-20,23,26-27H2/t37-,41+/m0/s1. The number of nitrogens with zero attached hydrogens (tertiary/aromatic N) is 3. The molecule has 2 amide bonds. The van der Waals surface area contributed by atoms with Gasteiger partial charge in [0.25, 0.3) is 5.91 Å². The van der Waals surface area contributed by atoms with Gasteiger partial charge >= 0.3 is 12.4 Å². The highest BCUT2D eigenvalue weighted by Gasteiger charge is 2.50. The Hall–Kier alpha value is -3.40. The van der Waals surface area contributed by atoms with Gasteiger partial charge in [-0.25, -0.2) is 0 Å². The van der Waals surface area contributed by atoms with E-state index in [2.05, 4.69) is 17.0 Å². The molecule has 3 saturated heterocycles. The van der Waals surface area contributed by atoms with Crippen LogP contribution < -0.4 is 0 Å². The molecule has 8 nitrogen and oxygen atoms in total. The predicted octanol–water partition coefficient (Wildman–Crippen LogP) is 8.39. The van der Waals surface area contributed by atoms with E-state index in [4.69, 9.17) is 32.7 Å². The van der Waals surface area contributed by atoms with E-state index >= 15 is 0 Å². The van der Waals surface area contributed by atoms with Crippen molar-refractivity contribution in [2.75, 3.05) is 65.6 Å². The van der Waals surface area contributed by atoms with Crippen molar-refractivity contribution in [2.45, 2.75) is 74.4 Å². The lowest BCUT2D eigenvalue weighted by molar-refractivity contribution is -0.143. The molecule has 4 aliphatic rings. The van der Waals surface area contributed by atoms with Crippen molar-refractivity contribution in [1.82, 2.24) is 14.7 Å². The van der Waals surface area contributed by atoms with Gasteiger partial charge in [-0.1, -0.05) is 53.5 Å². The fourth-order valence-electron chi connectivity index (χ4n) is 9.46. The Bertz CT molecular complexity index is 1970. The van der Waals surface area contributed by atoms with E-state index in [0.29, 0.717) is 69.2 Å². The van der Waals surface area contributed by atoms with Gasteiger partial charge in [0.15, 0.2) is 0 Å². The lowest BCUT2D eigenvalue weighted by atomic mass is 9.72. The third kappa shape index (κ3) is 9.43. The Morgan fingerprint density at radius 3 is 2.17 bits per heavy atom. The summed E-state index contributed by atoms with van der Waals surface area (Å²) in [6.45, 7) is 3.03. The summed E-state index contributed by atoms with van der Waals surface area (Å²) in [6.07, 6.45) is -5.43. The topological polar surface area (TPSA) is 82.5 Å². The number of aliphatic hydroxyl groups excluding tert-OH is 1. The number of hydrogen-bond donors (Lipinski definition) is 1. The molecule has 16 heteroatoms. The molecule has 0 aromatic heterocycles. The van der Waals surface area contributed by atoms with Gasteiger partial charge in [-0.05, 0) is 111 Å². The number of likely N-dealkylation sites (tertiary alicyclic amines) is 2. The van der Waals surface area contributed by atoms with Gasteiger partial charge in [-0.2, -0.15) is 26.3 Å². The van der Waals surface area contributed by atoms with Crippen molar-refractivity contribution in [3.05, 3.63) is 104 Å². The summed E-state index contributed by atoms with van der Waals surface area (Å²) in [5.74, 6) is -0.588. The molecular formula is C43H47Cl2F6N3O5. The summed E-state index contributed by atoms with van der Waals surface area (Å²) >= 11 is 12.7. The number of aliphatic hydroxyl groups is 1. The minimum absolute atomic E-state index is 0.00223. The van der Waals surface area contributed by atoms with Gasteiger partial charge in [0, 0.05) is 43.8 Å². The summed E-state index contributed by atoms with van der Waals surface area (Å²) in [5.41, 5.74) is -2.40. The largest absolute Gasteiger partial charge is 0.416 e. The van der Waals surface area contributed by atoms with Crippen molar-refractivity contribution in [1.29, 1.82) is 0 Å². The van der Waals surface area contributed by atoms with Crippen molar-refractivity contribution in [2.24, 2.45) is 5.92 Å². The number of piperidine rings is 2. The van der Waals surface area contributed by atoms with Gasteiger partial charge in [0.1, 0.15) is 12.2 Å². The highest BCUT2D eigenvalue weighted by molar-refractivity contribution is 6.42. The lowest BCUT2D eigenvalue weighted by Gasteiger charge is -2.46. The highest BCUT2D eigenvalue weighted by Crippen LogP contribution is 2.48. The molecule has 3 aromatic rings. The molecule has 1 spiro atoms. The minimum atomic E-state index is -5.11. The van der Waals surface area contributed by atoms with E-state index in [1.54, 1.807) is 18.2 Å². The Balaban J connectivity index is 1.07. The number of morpholine rings is 1. The van der Waals surface area contributed by atoms with E-state index in [0.717, 1.165) is 32.1 Å². The van der Waals surface area contributed by atoms with Crippen LogP contribution in [0.15, 0.2) is 60.7 Å². The van der Waals surface area contributed by atoms with Crippen LogP contribution >= 0.6 is 23.2 Å². The Morgan fingerprint density at radius 1 is 0.847 bits per heavy atom. The summed E-state index contributed by atoms with van der Waals surface area (Å²) < 4.78 is 95.3. The Morgan fingerprint density at radius 2 is 1.53 bits per heavy atom. The molecule has 3 aliphatic heterocycles. The average Bonchev–Trinajstić information content (AvgIpc) is 3.52. The van der Waals surface area contributed by atoms with Crippen LogP contribution in [0.5, 0.6) is 0 Å². The summed E-state index contributed by atoms with van der Waals surface area (Å²) in [6, 6.07) is 14.1. The normalized spacial score (nSPS) is 22.8. The van der Waals surface area contributed by atoms with Crippen LogP contribution in [0, 0.1) is 5.92 Å². The number of fused-ring (bicyclic) bond motifs is 2. The van der Waals surface area contributed by atoms with Crippen LogP contribution in [0.25, 0.3) is 0 Å². The molecule has 59 heavy (non-hydrogen) atoms. The molecule has 320 valence electrons. The average molecular weight is 871 g/mol. The first-order valence-corrected chi connectivity index (χ1v) is 20.8. The first-order chi connectivity index (χ1) is 28.0. The molecule has 1 aliphatic carbocycles. The zero-order valence-corrected chi connectivity index (χ0v) is 33.9. The Labute approximate surface area is 349 Å². The first-order valence-electron chi connectivity index (χ1n) is 20.0. The maximum Gasteiger partial charge on any atom is 0.416 e. The van der Waals surface area contributed by atoms with Crippen molar-refractivity contribution in [3.8, 4) is 0 Å². The van der Waals surface area contributed by atoms with Crippen LogP contribution in [0.3, 0.4) is 0 Å².